The quantitative estimate of drug-likeness (QED) is 0.692. The number of carbonyl (C=O) groups is 1. The van der Waals surface area contributed by atoms with Gasteiger partial charge in [0, 0.05) is 0 Å². The van der Waals surface area contributed by atoms with E-state index >= 15 is 0 Å². The van der Waals surface area contributed by atoms with Crippen LogP contribution < -0.4 is 4.74 Å². The molecule has 0 aliphatic carbocycles. The van der Waals surface area contributed by atoms with Crippen LogP contribution >= 0.6 is 0 Å². The Bertz CT molecular complexity index is 360. The molecule has 0 spiro atoms. The molecule has 0 fully saturated rings. The monoisotopic (exact) mass is 206 g/mol. The van der Waals surface area contributed by atoms with Crippen LogP contribution in [0.1, 0.15) is 12.5 Å². The van der Waals surface area contributed by atoms with Crippen molar-refractivity contribution in [2.24, 2.45) is 5.92 Å². The van der Waals surface area contributed by atoms with Crippen LogP contribution in [0.15, 0.2) is 24.3 Å². The smallest absolute Gasteiger partial charge is 0.312 e. The Morgan fingerprint density at radius 2 is 2.33 bits per heavy atom. The number of rotatable bonds is 2. The van der Waals surface area contributed by atoms with Crippen molar-refractivity contribution in [3.8, 4) is 5.75 Å². The normalized spacial score (nSPS) is 18.9. The van der Waals surface area contributed by atoms with E-state index in [-0.39, 0.29) is 11.9 Å². The highest BCUT2D eigenvalue weighted by Gasteiger charge is 2.26. The zero-order chi connectivity index (χ0) is 10.7. The van der Waals surface area contributed by atoms with E-state index < -0.39 is 0 Å². The predicted octanol–water partition coefficient (Wildman–Crippen LogP) is 1.80. The van der Waals surface area contributed by atoms with Crippen LogP contribution in [-0.2, 0) is 16.0 Å². The van der Waals surface area contributed by atoms with Crippen molar-refractivity contribution < 1.29 is 14.3 Å². The van der Waals surface area contributed by atoms with Crippen molar-refractivity contribution in [3.63, 3.8) is 0 Å². The molecule has 3 heteroatoms. The second-order valence-electron chi connectivity index (χ2n) is 3.57. The number of esters is 1. The maximum Gasteiger partial charge on any atom is 0.312 e. The third-order valence-electron chi connectivity index (χ3n) is 2.50. The SMILES string of the molecule is CCOC(=O)[C@H]1COc2ccccc2C1. The van der Waals surface area contributed by atoms with Crippen molar-refractivity contribution in [3.05, 3.63) is 29.8 Å². The summed E-state index contributed by atoms with van der Waals surface area (Å²) in [5, 5.41) is 0. The van der Waals surface area contributed by atoms with Gasteiger partial charge in [-0.15, -0.1) is 0 Å². The van der Waals surface area contributed by atoms with Gasteiger partial charge >= 0.3 is 5.97 Å². The first kappa shape index (κ1) is 10.0. The molecular formula is C12H14O3. The van der Waals surface area contributed by atoms with Crippen molar-refractivity contribution in [2.75, 3.05) is 13.2 Å². The third-order valence-corrected chi connectivity index (χ3v) is 2.50. The van der Waals surface area contributed by atoms with E-state index in [0.717, 1.165) is 17.7 Å². The van der Waals surface area contributed by atoms with E-state index in [1.165, 1.54) is 0 Å². The summed E-state index contributed by atoms with van der Waals surface area (Å²) >= 11 is 0. The van der Waals surface area contributed by atoms with Gasteiger partial charge in [0.05, 0.1) is 12.5 Å². The number of para-hydroxylation sites is 1. The van der Waals surface area contributed by atoms with E-state index in [2.05, 4.69) is 0 Å². The van der Waals surface area contributed by atoms with Crippen molar-refractivity contribution >= 4 is 5.97 Å². The number of hydrogen-bond acceptors (Lipinski definition) is 3. The van der Waals surface area contributed by atoms with Crippen molar-refractivity contribution in [2.45, 2.75) is 13.3 Å². The first-order valence-corrected chi connectivity index (χ1v) is 5.18. The summed E-state index contributed by atoms with van der Waals surface area (Å²) in [5.41, 5.74) is 1.09. The fourth-order valence-electron chi connectivity index (χ4n) is 1.74. The summed E-state index contributed by atoms with van der Waals surface area (Å²) < 4.78 is 10.5. The summed E-state index contributed by atoms with van der Waals surface area (Å²) in [6.45, 7) is 2.67. The van der Waals surface area contributed by atoms with Crippen LogP contribution in [0.5, 0.6) is 5.75 Å². The average molecular weight is 206 g/mol. The first-order valence-electron chi connectivity index (χ1n) is 5.18. The number of carbonyl (C=O) groups excluding carboxylic acids is 1. The number of fused-ring (bicyclic) bond motifs is 1. The lowest BCUT2D eigenvalue weighted by Gasteiger charge is -2.23. The van der Waals surface area contributed by atoms with E-state index in [1.807, 2.05) is 31.2 Å². The Morgan fingerprint density at radius 3 is 3.13 bits per heavy atom. The Morgan fingerprint density at radius 1 is 1.53 bits per heavy atom. The van der Waals surface area contributed by atoms with Gasteiger partial charge < -0.3 is 9.47 Å². The third kappa shape index (κ3) is 2.12. The van der Waals surface area contributed by atoms with Gasteiger partial charge in [-0.05, 0) is 25.0 Å². The molecule has 0 amide bonds. The molecule has 1 aromatic rings. The van der Waals surface area contributed by atoms with Crippen LogP contribution in [0.4, 0.5) is 0 Å². The second kappa shape index (κ2) is 4.34. The largest absolute Gasteiger partial charge is 0.492 e. The van der Waals surface area contributed by atoms with Crippen molar-refractivity contribution in [1.82, 2.24) is 0 Å². The predicted molar refractivity (Wildman–Crippen MR) is 55.8 cm³/mol. The standard InChI is InChI=1S/C12H14O3/c1-2-14-12(13)10-7-9-5-3-4-6-11(9)15-8-10/h3-6,10H,2,7-8H2,1H3/t10-/m1/s1. The molecule has 0 N–H and O–H groups in total. The molecule has 0 bridgehead atoms. The van der Waals surface area contributed by atoms with E-state index in [9.17, 15) is 4.79 Å². The molecule has 1 aliphatic heterocycles. The highest BCUT2D eigenvalue weighted by Crippen LogP contribution is 2.27. The summed E-state index contributed by atoms with van der Waals surface area (Å²) in [7, 11) is 0. The first-order chi connectivity index (χ1) is 7.31. The Hall–Kier alpha value is -1.51. The van der Waals surface area contributed by atoms with Gasteiger partial charge in [0.1, 0.15) is 12.4 Å². The molecule has 0 unspecified atom stereocenters. The highest BCUT2D eigenvalue weighted by molar-refractivity contribution is 5.73. The Labute approximate surface area is 89.0 Å². The van der Waals surface area contributed by atoms with Gasteiger partial charge in [0.2, 0.25) is 0 Å². The molecule has 80 valence electrons. The Balaban J connectivity index is 2.08. The van der Waals surface area contributed by atoms with Gasteiger partial charge in [-0.25, -0.2) is 0 Å². The number of ether oxygens (including phenoxy) is 2. The minimum absolute atomic E-state index is 0.153. The summed E-state index contributed by atoms with van der Waals surface area (Å²) in [6.07, 6.45) is 0.717. The van der Waals surface area contributed by atoms with Crippen LogP contribution in [0.25, 0.3) is 0 Å². The van der Waals surface area contributed by atoms with Gasteiger partial charge in [-0.2, -0.15) is 0 Å². The fourth-order valence-corrected chi connectivity index (χ4v) is 1.74. The minimum Gasteiger partial charge on any atom is -0.492 e. The molecule has 1 atom stereocenters. The number of benzene rings is 1. The summed E-state index contributed by atoms with van der Waals surface area (Å²) in [6, 6.07) is 7.80. The van der Waals surface area contributed by atoms with E-state index in [0.29, 0.717) is 13.2 Å². The van der Waals surface area contributed by atoms with Gasteiger partial charge in [-0.1, -0.05) is 18.2 Å². The molecule has 1 heterocycles. The summed E-state index contributed by atoms with van der Waals surface area (Å²) in [4.78, 5) is 11.5. The van der Waals surface area contributed by atoms with Crippen LogP contribution in [-0.4, -0.2) is 19.2 Å². The van der Waals surface area contributed by atoms with E-state index in [4.69, 9.17) is 9.47 Å². The molecular weight excluding hydrogens is 192 g/mol. The van der Waals surface area contributed by atoms with Crippen molar-refractivity contribution in [1.29, 1.82) is 0 Å². The molecule has 1 aromatic carbocycles. The van der Waals surface area contributed by atoms with E-state index in [1.54, 1.807) is 0 Å². The lowest BCUT2D eigenvalue weighted by atomic mass is 9.97. The lowest BCUT2D eigenvalue weighted by Crippen LogP contribution is -2.29. The fraction of sp³-hybridized carbons (Fsp3) is 0.417. The molecule has 0 saturated carbocycles. The molecule has 2 rings (SSSR count). The molecule has 3 nitrogen and oxygen atoms in total. The highest BCUT2D eigenvalue weighted by atomic mass is 16.5. The van der Waals surface area contributed by atoms with Crippen LogP contribution in [0.3, 0.4) is 0 Å². The zero-order valence-corrected chi connectivity index (χ0v) is 8.73. The van der Waals surface area contributed by atoms with Gasteiger partial charge in [0.15, 0.2) is 0 Å². The van der Waals surface area contributed by atoms with Gasteiger partial charge in [0.25, 0.3) is 0 Å². The molecule has 0 radical (unpaired) electrons. The maximum absolute atomic E-state index is 11.5. The topological polar surface area (TPSA) is 35.5 Å². The van der Waals surface area contributed by atoms with Crippen LogP contribution in [0.2, 0.25) is 0 Å². The number of hydrogen-bond donors (Lipinski definition) is 0. The van der Waals surface area contributed by atoms with Crippen LogP contribution in [0, 0.1) is 5.92 Å². The zero-order valence-electron chi connectivity index (χ0n) is 8.73. The molecule has 15 heavy (non-hydrogen) atoms. The summed E-state index contributed by atoms with van der Waals surface area (Å²) in [5.74, 6) is 0.574. The molecule has 1 aliphatic rings. The Kier molecular flexibility index (Phi) is 2.90. The lowest BCUT2D eigenvalue weighted by molar-refractivity contribution is -0.149. The molecule has 0 aromatic heterocycles. The maximum atomic E-state index is 11.5. The van der Waals surface area contributed by atoms with Gasteiger partial charge in [-0.3, -0.25) is 4.79 Å². The second-order valence-corrected chi connectivity index (χ2v) is 3.57. The molecule has 0 saturated heterocycles. The average Bonchev–Trinajstić information content (AvgIpc) is 2.29. The minimum atomic E-state index is -0.160.